The Morgan fingerprint density at radius 2 is 1.68 bits per heavy atom. The van der Waals surface area contributed by atoms with Crippen LogP contribution in [-0.4, -0.2) is 23.2 Å². The average Bonchev–Trinajstić information content (AvgIpc) is 2.57. The number of benzene rings is 1. The van der Waals surface area contributed by atoms with Crippen molar-refractivity contribution in [1.82, 2.24) is 0 Å². The van der Waals surface area contributed by atoms with E-state index in [9.17, 15) is 10.1 Å². The van der Waals surface area contributed by atoms with E-state index in [1.165, 1.54) is 6.07 Å². The largest absolute Gasteiger partial charge is 0.466 e. The minimum Gasteiger partial charge on any atom is -0.403 e. The van der Waals surface area contributed by atoms with Crippen LogP contribution in [0.5, 0.6) is 0 Å². The van der Waals surface area contributed by atoms with Gasteiger partial charge in [-0.25, -0.2) is 0 Å². The zero-order chi connectivity index (χ0) is 16.7. The van der Waals surface area contributed by atoms with Crippen molar-refractivity contribution in [3.05, 3.63) is 39.9 Å². The van der Waals surface area contributed by atoms with Crippen LogP contribution in [0.1, 0.15) is 52.9 Å². The van der Waals surface area contributed by atoms with E-state index in [4.69, 9.17) is 9.31 Å². The average molecular weight is 305 g/mol. The summed E-state index contributed by atoms with van der Waals surface area (Å²) in [5, 5.41) is 11.0. The first-order chi connectivity index (χ1) is 10.0. The van der Waals surface area contributed by atoms with Gasteiger partial charge in [-0.1, -0.05) is 26.0 Å². The second-order valence-electron chi connectivity index (χ2n) is 7.25. The van der Waals surface area contributed by atoms with Crippen LogP contribution in [0.4, 0.5) is 5.69 Å². The molecule has 22 heavy (non-hydrogen) atoms. The summed E-state index contributed by atoms with van der Waals surface area (Å²) in [5.74, 6) is 0.178. The van der Waals surface area contributed by atoms with Crippen molar-refractivity contribution in [3.8, 4) is 0 Å². The minimum absolute atomic E-state index is 0.0547. The maximum absolute atomic E-state index is 11.0. The first kappa shape index (κ1) is 17.0. The molecule has 0 aromatic heterocycles. The Bertz CT molecular complexity index is 555. The topological polar surface area (TPSA) is 61.6 Å². The molecule has 1 fully saturated rings. The molecule has 1 unspecified atom stereocenters. The molecule has 0 saturated carbocycles. The van der Waals surface area contributed by atoms with Crippen LogP contribution in [0.25, 0.3) is 0 Å². The van der Waals surface area contributed by atoms with Crippen molar-refractivity contribution in [2.45, 2.75) is 58.6 Å². The van der Waals surface area contributed by atoms with E-state index in [1.54, 1.807) is 12.1 Å². The third-order valence-electron chi connectivity index (χ3n) is 4.75. The maximum atomic E-state index is 11.0. The highest BCUT2D eigenvalue weighted by atomic mass is 16.7. The highest BCUT2D eigenvalue weighted by Crippen LogP contribution is 2.43. The third kappa shape index (κ3) is 3.03. The fourth-order valence-electron chi connectivity index (χ4n) is 2.74. The molecule has 0 radical (unpaired) electrons. The smallest absolute Gasteiger partial charge is 0.403 e. The molecule has 0 amide bonds. The van der Waals surface area contributed by atoms with E-state index in [2.05, 4.69) is 13.8 Å². The van der Waals surface area contributed by atoms with Gasteiger partial charge in [-0.15, -0.1) is 0 Å². The first-order valence-electron chi connectivity index (χ1n) is 7.65. The van der Waals surface area contributed by atoms with E-state index < -0.39 is 18.3 Å². The third-order valence-corrected chi connectivity index (χ3v) is 4.75. The van der Waals surface area contributed by atoms with Crippen LogP contribution < -0.4 is 0 Å². The lowest BCUT2D eigenvalue weighted by Crippen LogP contribution is -2.41. The molecule has 1 aromatic rings. The summed E-state index contributed by atoms with van der Waals surface area (Å²) < 4.78 is 12.3. The van der Waals surface area contributed by atoms with E-state index >= 15 is 0 Å². The summed E-state index contributed by atoms with van der Waals surface area (Å²) in [6, 6.07) is 6.75. The molecule has 120 valence electrons. The van der Waals surface area contributed by atoms with Crippen LogP contribution in [0.2, 0.25) is 0 Å². The first-order valence-corrected chi connectivity index (χ1v) is 7.65. The molecular formula is C16H24BNO4. The maximum Gasteiger partial charge on any atom is 0.466 e. The van der Waals surface area contributed by atoms with Crippen molar-refractivity contribution in [3.63, 3.8) is 0 Å². The number of hydrogen-bond donors (Lipinski definition) is 0. The predicted octanol–water partition coefficient (Wildman–Crippen LogP) is 3.97. The molecule has 1 aliphatic rings. The Kier molecular flexibility index (Phi) is 4.37. The van der Waals surface area contributed by atoms with Crippen LogP contribution in [-0.2, 0) is 9.31 Å². The molecule has 1 atom stereocenters. The van der Waals surface area contributed by atoms with Gasteiger partial charge in [-0.3, -0.25) is 10.1 Å². The molecule has 6 heteroatoms. The zero-order valence-corrected chi connectivity index (χ0v) is 14.1. The van der Waals surface area contributed by atoms with E-state index in [1.807, 2.05) is 33.8 Å². The molecule has 1 aliphatic heterocycles. The standard InChI is InChI=1S/C16H24BNO4/c1-11(2)14(12-8-7-9-13(10-12)18(19)20)17-21-15(3,4)16(5,6)22-17/h7-11,14H,1-6H3. The van der Waals surface area contributed by atoms with Gasteiger partial charge in [-0.05, 0) is 39.2 Å². The van der Waals surface area contributed by atoms with Gasteiger partial charge < -0.3 is 9.31 Å². The van der Waals surface area contributed by atoms with Gasteiger partial charge in [0.2, 0.25) is 0 Å². The van der Waals surface area contributed by atoms with Crippen molar-refractivity contribution in [2.24, 2.45) is 5.92 Å². The van der Waals surface area contributed by atoms with Crippen LogP contribution >= 0.6 is 0 Å². The van der Waals surface area contributed by atoms with Gasteiger partial charge >= 0.3 is 7.12 Å². The summed E-state index contributed by atoms with van der Waals surface area (Å²) in [7, 11) is -0.410. The SMILES string of the molecule is CC(C)C(B1OC(C)(C)C(C)(C)O1)c1cccc([N+](=O)[O-])c1. The lowest BCUT2D eigenvalue weighted by molar-refractivity contribution is -0.384. The van der Waals surface area contributed by atoms with Gasteiger partial charge in [0.05, 0.1) is 16.1 Å². The molecule has 1 saturated heterocycles. The number of nitrogens with zero attached hydrogens (tertiary/aromatic N) is 1. The number of nitro groups is 1. The summed E-state index contributed by atoms with van der Waals surface area (Å²) in [6.45, 7) is 12.2. The zero-order valence-electron chi connectivity index (χ0n) is 14.1. The van der Waals surface area contributed by atoms with E-state index in [0.717, 1.165) is 5.56 Å². The normalized spacial score (nSPS) is 21.1. The molecule has 0 bridgehead atoms. The van der Waals surface area contributed by atoms with Crippen LogP contribution in [0.15, 0.2) is 24.3 Å². The fourth-order valence-corrected chi connectivity index (χ4v) is 2.74. The van der Waals surface area contributed by atoms with Crippen molar-refractivity contribution < 1.29 is 14.2 Å². The van der Waals surface area contributed by atoms with Crippen molar-refractivity contribution in [2.75, 3.05) is 0 Å². The van der Waals surface area contributed by atoms with Crippen LogP contribution in [0, 0.1) is 16.0 Å². The summed E-state index contributed by atoms with van der Waals surface area (Å²) >= 11 is 0. The van der Waals surface area contributed by atoms with Gasteiger partial charge in [0.25, 0.3) is 5.69 Å². The lowest BCUT2D eigenvalue weighted by Gasteiger charge is -2.32. The highest BCUT2D eigenvalue weighted by molar-refractivity contribution is 6.47. The van der Waals surface area contributed by atoms with Gasteiger partial charge in [0.1, 0.15) is 0 Å². The van der Waals surface area contributed by atoms with Gasteiger partial charge in [0, 0.05) is 17.9 Å². The Balaban J connectivity index is 2.37. The number of non-ortho nitro benzene ring substituents is 1. The van der Waals surface area contributed by atoms with Crippen molar-refractivity contribution in [1.29, 1.82) is 0 Å². The Hall–Kier alpha value is -1.40. The van der Waals surface area contributed by atoms with Crippen molar-refractivity contribution >= 4 is 12.8 Å². The molecule has 1 aromatic carbocycles. The van der Waals surface area contributed by atoms with E-state index in [0.29, 0.717) is 0 Å². The monoisotopic (exact) mass is 305 g/mol. The number of nitro benzene ring substituents is 1. The Morgan fingerprint density at radius 3 is 2.14 bits per heavy atom. The number of rotatable bonds is 4. The highest BCUT2D eigenvalue weighted by Gasteiger charge is 2.54. The molecule has 0 aliphatic carbocycles. The minimum atomic E-state index is -0.411. The molecule has 2 rings (SSSR count). The van der Waals surface area contributed by atoms with Gasteiger partial charge in [0.15, 0.2) is 0 Å². The van der Waals surface area contributed by atoms with Gasteiger partial charge in [-0.2, -0.15) is 0 Å². The Morgan fingerprint density at radius 1 is 1.14 bits per heavy atom. The summed E-state index contributed by atoms with van der Waals surface area (Å²) in [5.41, 5.74) is 0.152. The molecule has 0 spiro atoms. The lowest BCUT2D eigenvalue weighted by atomic mass is 9.62. The fraction of sp³-hybridized carbons (Fsp3) is 0.625. The quantitative estimate of drug-likeness (QED) is 0.480. The second kappa shape index (κ2) is 5.67. The summed E-state index contributed by atoms with van der Waals surface area (Å²) in [4.78, 5) is 10.6. The molecular weight excluding hydrogens is 281 g/mol. The predicted molar refractivity (Wildman–Crippen MR) is 86.8 cm³/mol. The summed E-state index contributed by atoms with van der Waals surface area (Å²) in [6.07, 6.45) is 0. The number of hydrogen-bond acceptors (Lipinski definition) is 4. The molecule has 5 nitrogen and oxygen atoms in total. The van der Waals surface area contributed by atoms with E-state index in [-0.39, 0.29) is 22.3 Å². The van der Waals surface area contributed by atoms with Crippen LogP contribution in [0.3, 0.4) is 0 Å². The molecule has 0 N–H and O–H groups in total. The Labute approximate surface area is 132 Å². The molecule has 1 heterocycles. The second-order valence-corrected chi connectivity index (χ2v) is 7.25.